The maximum Gasteiger partial charge on any atom is 0.161 e. The van der Waals surface area contributed by atoms with Gasteiger partial charge in [-0.3, -0.25) is 4.98 Å². The highest BCUT2D eigenvalue weighted by Gasteiger charge is 2.24. The Morgan fingerprint density at radius 2 is 2.03 bits per heavy atom. The van der Waals surface area contributed by atoms with Gasteiger partial charge in [-0.05, 0) is 56.2 Å². The molecule has 0 bridgehead atoms. The highest BCUT2D eigenvalue weighted by atomic mass is 35.5. The number of para-hydroxylation sites is 2. The molecule has 3 heterocycles. The predicted molar refractivity (Wildman–Crippen MR) is 132 cm³/mol. The fourth-order valence-corrected chi connectivity index (χ4v) is 4.30. The molecule has 1 aliphatic heterocycles. The molecule has 1 atom stereocenters. The van der Waals surface area contributed by atoms with E-state index in [1.54, 1.807) is 12.4 Å². The average molecular weight is 464 g/mol. The van der Waals surface area contributed by atoms with Crippen LogP contribution in [0.3, 0.4) is 0 Å². The van der Waals surface area contributed by atoms with E-state index in [0.717, 1.165) is 60.0 Å². The zero-order chi connectivity index (χ0) is 22.6. The lowest BCUT2D eigenvalue weighted by atomic mass is 10.1. The summed E-state index contributed by atoms with van der Waals surface area (Å²) in [7, 11) is 0. The molecule has 2 N–H and O–H groups in total. The molecule has 5 rings (SSSR count). The summed E-state index contributed by atoms with van der Waals surface area (Å²) in [5.41, 5.74) is 1.01. The number of aromatic amines is 1. The van der Waals surface area contributed by atoms with Gasteiger partial charge in [0.05, 0.1) is 25.5 Å². The first-order chi connectivity index (χ1) is 16.2. The molecular formula is C25H26ClN5O2. The van der Waals surface area contributed by atoms with Gasteiger partial charge in [-0.1, -0.05) is 23.7 Å². The zero-order valence-corrected chi connectivity index (χ0v) is 19.2. The van der Waals surface area contributed by atoms with Crippen LogP contribution >= 0.6 is 11.6 Å². The average Bonchev–Trinajstić information content (AvgIpc) is 3.22. The lowest BCUT2D eigenvalue weighted by Crippen LogP contribution is -2.41. The minimum absolute atomic E-state index is 0.0530. The van der Waals surface area contributed by atoms with Crippen LogP contribution in [0.25, 0.3) is 10.9 Å². The van der Waals surface area contributed by atoms with Gasteiger partial charge in [0, 0.05) is 22.5 Å². The van der Waals surface area contributed by atoms with Crippen molar-refractivity contribution in [1.29, 1.82) is 0 Å². The van der Waals surface area contributed by atoms with E-state index in [9.17, 15) is 0 Å². The fourth-order valence-electron chi connectivity index (χ4n) is 4.12. The molecule has 1 saturated heterocycles. The molecule has 2 aromatic carbocycles. The number of nitrogens with zero attached hydrogens (tertiary/aromatic N) is 3. The molecule has 170 valence electrons. The monoisotopic (exact) mass is 463 g/mol. The summed E-state index contributed by atoms with van der Waals surface area (Å²) in [4.78, 5) is 14.8. The minimum Gasteiger partial charge on any atom is -0.490 e. The standard InChI is InChI=1S/C25H26ClN5O2/c1-2-32-21-7-3-4-8-22(21)33-19-6-5-11-31(16-19)25-15-27-14-24(30-25)29-23-13-17-12-18(26)9-10-20(17)28-23/h3-4,7-10,12-15,19,28H,2,5-6,11,16H2,1H3,(H,29,30)/t19-/m1/s1. The first-order valence-electron chi connectivity index (χ1n) is 11.2. The van der Waals surface area contributed by atoms with Crippen molar-refractivity contribution in [2.24, 2.45) is 0 Å². The van der Waals surface area contributed by atoms with Gasteiger partial charge in [0.25, 0.3) is 0 Å². The van der Waals surface area contributed by atoms with Crippen LogP contribution in [0, 0.1) is 0 Å². The second kappa shape index (κ2) is 9.58. The topological polar surface area (TPSA) is 75.3 Å². The molecule has 0 spiro atoms. The van der Waals surface area contributed by atoms with Crippen LogP contribution in [0.5, 0.6) is 11.5 Å². The van der Waals surface area contributed by atoms with Crippen LogP contribution in [0.4, 0.5) is 17.5 Å². The zero-order valence-electron chi connectivity index (χ0n) is 18.4. The number of anilines is 3. The Kier molecular flexibility index (Phi) is 6.21. The SMILES string of the molecule is CCOc1ccccc1O[C@@H]1CCCN(c2cncc(Nc3cc4cc(Cl)ccc4[nH]3)n2)C1. The van der Waals surface area contributed by atoms with Crippen molar-refractivity contribution in [1.82, 2.24) is 15.0 Å². The van der Waals surface area contributed by atoms with Crippen molar-refractivity contribution in [3.05, 3.63) is 65.9 Å². The third-order valence-corrected chi connectivity index (χ3v) is 5.85. The number of fused-ring (bicyclic) bond motifs is 1. The molecule has 4 aromatic rings. The summed E-state index contributed by atoms with van der Waals surface area (Å²) >= 11 is 6.10. The maximum atomic E-state index is 6.31. The summed E-state index contributed by atoms with van der Waals surface area (Å²) in [5, 5.41) is 5.07. The van der Waals surface area contributed by atoms with E-state index >= 15 is 0 Å². The van der Waals surface area contributed by atoms with Crippen molar-refractivity contribution >= 4 is 40.0 Å². The summed E-state index contributed by atoms with van der Waals surface area (Å²) < 4.78 is 12.0. The first kappa shape index (κ1) is 21.4. The Balaban J connectivity index is 1.29. The number of hydrogen-bond donors (Lipinski definition) is 2. The molecule has 1 aliphatic rings. The van der Waals surface area contributed by atoms with Crippen molar-refractivity contribution in [3.63, 3.8) is 0 Å². The number of ether oxygens (including phenoxy) is 2. The predicted octanol–water partition coefficient (Wildman–Crippen LogP) is 5.80. The van der Waals surface area contributed by atoms with E-state index in [1.807, 2.05) is 55.5 Å². The normalized spacial score (nSPS) is 16.1. The largest absolute Gasteiger partial charge is 0.490 e. The van der Waals surface area contributed by atoms with Gasteiger partial charge in [-0.25, -0.2) is 4.98 Å². The highest BCUT2D eigenvalue weighted by Crippen LogP contribution is 2.30. The molecule has 33 heavy (non-hydrogen) atoms. The fraction of sp³-hybridized carbons (Fsp3) is 0.280. The van der Waals surface area contributed by atoms with Crippen LogP contribution in [-0.2, 0) is 0 Å². The van der Waals surface area contributed by atoms with Gasteiger partial charge in [0.1, 0.15) is 17.7 Å². The van der Waals surface area contributed by atoms with Gasteiger partial charge < -0.3 is 24.7 Å². The van der Waals surface area contributed by atoms with E-state index < -0.39 is 0 Å². The Bertz CT molecular complexity index is 1240. The van der Waals surface area contributed by atoms with E-state index in [2.05, 4.69) is 20.2 Å². The molecule has 0 aliphatic carbocycles. The molecular weight excluding hydrogens is 438 g/mol. The van der Waals surface area contributed by atoms with E-state index in [0.29, 0.717) is 17.4 Å². The van der Waals surface area contributed by atoms with Crippen LogP contribution in [0.2, 0.25) is 5.02 Å². The number of benzene rings is 2. The van der Waals surface area contributed by atoms with Gasteiger partial charge in [0.2, 0.25) is 0 Å². The number of nitrogens with one attached hydrogen (secondary N) is 2. The Hall–Kier alpha value is -3.45. The third-order valence-electron chi connectivity index (χ3n) is 5.61. The van der Waals surface area contributed by atoms with E-state index in [4.69, 9.17) is 26.1 Å². The van der Waals surface area contributed by atoms with E-state index in [1.165, 1.54) is 0 Å². The van der Waals surface area contributed by atoms with Crippen molar-refractivity contribution in [2.75, 3.05) is 29.9 Å². The van der Waals surface area contributed by atoms with Crippen molar-refractivity contribution in [2.45, 2.75) is 25.9 Å². The van der Waals surface area contributed by atoms with Crippen LogP contribution in [0.1, 0.15) is 19.8 Å². The molecule has 2 aromatic heterocycles. The lowest BCUT2D eigenvalue weighted by Gasteiger charge is -2.33. The van der Waals surface area contributed by atoms with Crippen molar-refractivity contribution in [3.8, 4) is 11.5 Å². The smallest absolute Gasteiger partial charge is 0.161 e. The second-order valence-corrected chi connectivity index (χ2v) is 8.45. The first-order valence-corrected chi connectivity index (χ1v) is 11.6. The van der Waals surface area contributed by atoms with Crippen LogP contribution < -0.4 is 19.7 Å². The van der Waals surface area contributed by atoms with Gasteiger partial charge in [0.15, 0.2) is 17.3 Å². The van der Waals surface area contributed by atoms with Gasteiger partial charge >= 0.3 is 0 Å². The summed E-state index contributed by atoms with van der Waals surface area (Å²) in [6, 6.07) is 15.6. The molecule has 1 fully saturated rings. The molecule has 7 nitrogen and oxygen atoms in total. The number of hydrogen-bond acceptors (Lipinski definition) is 6. The number of H-pyrrole nitrogens is 1. The number of piperidine rings is 1. The molecule has 8 heteroatoms. The molecule has 0 unspecified atom stereocenters. The Morgan fingerprint density at radius 1 is 1.15 bits per heavy atom. The number of aromatic nitrogens is 3. The van der Waals surface area contributed by atoms with E-state index in [-0.39, 0.29) is 6.10 Å². The number of halogens is 1. The van der Waals surface area contributed by atoms with Crippen LogP contribution in [0.15, 0.2) is 60.9 Å². The molecule has 0 radical (unpaired) electrons. The van der Waals surface area contributed by atoms with Crippen molar-refractivity contribution < 1.29 is 9.47 Å². The maximum absolute atomic E-state index is 6.31. The molecule has 0 amide bonds. The molecule has 0 saturated carbocycles. The minimum atomic E-state index is 0.0530. The van der Waals surface area contributed by atoms with Gasteiger partial charge in [-0.2, -0.15) is 0 Å². The summed E-state index contributed by atoms with van der Waals surface area (Å²) in [6.45, 7) is 4.24. The highest BCUT2D eigenvalue weighted by molar-refractivity contribution is 6.31. The van der Waals surface area contributed by atoms with Gasteiger partial charge in [-0.15, -0.1) is 0 Å². The Morgan fingerprint density at radius 3 is 2.91 bits per heavy atom. The van der Waals surface area contributed by atoms with Crippen LogP contribution in [-0.4, -0.2) is 40.8 Å². The summed E-state index contributed by atoms with van der Waals surface area (Å²) in [6.07, 6.45) is 5.58. The third kappa shape index (κ3) is 4.98. The second-order valence-electron chi connectivity index (χ2n) is 8.01. The summed E-state index contributed by atoms with van der Waals surface area (Å²) in [5.74, 6) is 3.90. The number of rotatable bonds is 7. The lowest BCUT2D eigenvalue weighted by molar-refractivity contribution is 0.170. The quantitative estimate of drug-likeness (QED) is 0.360. The Labute approximate surface area is 197 Å².